The van der Waals surface area contributed by atoms with Gasteiger partial charge in [0, 0.05) is 18.0 Å². The molecule has 4 heteroatoms. The second-order valence-corrected chi connectivity index (χ2v) is 6.03. The third-order valence-corrected chi connectivity index (χ3v) is 4.29. The number of benzene rings is 1. The third-order valence-electron chi connectivity index (χ3n) is 4.29. The molecule has 0 amide bonds. The Morgan fingerprint density at radius 2 is 2.00 bits per heavy atom. The molecule has 120 valence electrons. The summed E-state index contributed by atoms with van der Waals surface area (Å²) in [5, 5.41) is 11.2. The summed E-state index contributed by atoms with van der Waals surface area (Å²) in [4.78, 5) is 13.3. The number of rotatable bonds is 8. The lowest BCUT2D eigenvalue weighted by Gasteiger charge is -2.21. The van der Waals surface area contributed by atoms with Crippen molar-refractivity contribution in [3.63, 3.8) is 0 Å². The van der Waals surface area contributed by atoms with E-state index in [1.54, 1.807) is 0 Å². The minimum atomic E-state index is -0.179. The Balaban J connectivity index is 2.27. The fraction of sp³-hybridized carbons (Fsp3) is 0.556. The van der Waals surface area contributed by atoms with Gasteiger partial charge in [-0.25, -0.2) is 0 Å². The molecule has 1 heterocycles. The summed E-state index contributed by atoms with van der Waals surface area (Å²) >= 11 is 0. The Morgan fingerprint density at radius 1 is 1.32 bits per heavy atom. The molecule has 1 aromatic rings. The van der Waals surface area contributed by atoms with Gasteiger partial charge in [0.25, 0.3) is 0 Å². The van der Waals surface area contributed by atoms with Gasteiger partial charge in [-0.05, 0) is 43.0 Å². The number of hydrogen-bond donors (Lipinski definition) is 0. The van der Waals surface area contributed by atoms with Crippen molar-refractivity contribution in [2.24, 2.45) is 0 Å². The Labute approximate surface area is 133 Å². The van der Waals surface area contributed by atoms with Crippen LogP contribution in [0.25, 0.3) is 0 Å². The van der Waals surface area contributed by atoms with Gasteiger partial charge in [-0.2, -0.15) is 0 Å². The topological polar surface area (TPSA) is 46.4 Å². The van der Waals surface area contributed by atoms with E-state index >= 15 is 0 Å². The van der Waals surface area contributed by atoms with Crippen LogP contribution in [0.3, 0.4) is 0 Å². The molecule has 0 saturated carbocycles. The summed E-state index contributed by atoms with van der Waals surface area (Å²) in [5.74, 6) is -0.108. The Morgan fingerprint density at radius 3 is 2.59 bits per heavy atom. The molecule has 0 aromatic heterocycles. The molecule has 22 heavy (non-hydrogen) atoms. The first-order chi connectivity index (χ1) is 10.7. The van der Waals surface area contributed by atoms with Crippen LogP contribution in [0.1, 0.15) is 50.5 Å². The second kappa shape index (κ2) is 8.57. The Hall–Kier alpha value is -1.84. The molecule has 1 aromatic carbocycles. The standard InChI is InChI=1S/C18H26N2O2/c1-2-3-9-17(14-19-12-7-8-13-19)18(15-20(21)22)16-10-5-4-6-11-16/h4-6,10-11,14,18H,2-3,7-9,12-13,15H2,1H3/b17-14+. The second-order valence-electron chi connectivity index (χ2n) is 6.03. The zero-order chi connectivity index (χ0) is 15.8. The van der Waals surface area contributed by atoms with E-state index in [1.807, 2.05) is 30.3 Å². The molecule has 2 rings (SSSR count). The predicted molar refractivity (Wildman–Crippen MR) is 89.5 cm³/mol. The molecule has 0 aliphatic carbocycles. The molecule has 1 unspecified atom stereocenters. The monoisotopic (exact) mass is 302 g/mol. The molecular formula is C18H26N2O2. The van der Waals surface area contributed by atoms with E-state index in [-0.39, 0.29) is 17.4 Å². The zero-order valence-electron chi connectivity index (χ0n) is 13.4. The van der Waals surface area contributed by atoms with Crippen LogP contribution < -0.4 is 0 Å². The van der Waals surface area contributed by atoms with Crippen molar-refractivity contribution in [1.82, 2.24) is 4.90 Å². The molecule has 1 saturated heterocycles. The highest BCUT2D eigenvalue weighted by Gasteiger charge is 2.23. The van der Waals surface area contributed by atoms with Crippen molar-refractivity contribution in [2.75, 3.05) is 19.6 Å². The zero-order valence-corrected chi connectivity index (χ0v) is 13.4. The first kappa shape index (κ1) is 16.5. The van der Waals surface area contributed by atoms with Crippen molar-refractivity contribution in [1.29, 1.82) is 0 Å². The molecule has 0 N–H and O–H groups in total. The van der Waals surface area contributed by atoms with Gasteiger partial charge in [-0.1, -0.05) is 43.7 Å². The fourth-order valence-electron chi connectivity index (χ4n) is 3.09. The van der Waals surface area contributed by atoms with E-state index in [9.17, 15) is 10.1 Å². The van der Waals surface area contributed by atoms with Crippen LogP contribution in [-0.2, 0) is 0 Å². The lowest BCUT2D eigenvalue weighted by Crippen LogP contribution is -2.19. The van der Waals surface area contributed by atoms with Crippen LogP contribution in [0.15, 0.2) is 42.1 Å². The summed E-state index contributed by atoms with van der Waals surface area (Å²) in [6.07, 6.45) is 7.80. The average molecular weight is 302 g/mol. The van der Waals surface area contributed by atoms with Crippen molar-refractivity contribution in [3.05, 3.63) is 57.8 Å². The summed E-state index contributed by atoms with van der Waals surface area (Å²) in [5.41, 5.74) is 2.27. The number of hydrogen-bond acceptors (Lipinski definition) is 3. The van der Waals surface area contributed by atoms with E-state index in [4.69, 9.17) is 0 Å². The maximum atomic E-state index is 11.2. The molecule has 4 nitrogen and oxygen atoms in total. The Bertz CT molecular complexity index is 493. The highest BCUT2D eigenvalue weighted by Crippen LogP contribution is 2.29. The first-order valence-corrected chi connectivity index (χ1v) is 8.32. The molecule has 0 spiro atoms. The molecular weight excluding hydrogens is 276 g/mol. The molecule has 1 aliphatic rings. The maximum Gasteiger partial charge on any atom is 0.214 e. The Kier molecular flexibility index (Phi) is 6.44. The van der Waals surface area contributed by atoms with Gasteiger partial charge in [-0.3, -0.25) is 10.1 Å². The fourth-order valence-corrected chi connectivity index (χ4v) is 3.09. The molecule has 1 fully saturated rings. The number of likely N-dealkylation sites (tertiary alicyclic amines) is 1. The highest BCUT2D eigenvalue weighted by molar-refractivity contribution is 5.29. The number of unbranched alkanes of at least 4 members (excludes halogenated alkanes) is 1. The van der Waals surface area contributed by atoms with E-state index in [0.29, 0.717) is 0 Å². The SMILES string of the molecule is CCCC/C(=C\N1CCCC1)C(C[N+](=O)[O-])c1ccccc1. The quantitative estimate of drug-likeness (QED) is 0.533. The van der Waals surface area contributed by atoms with Crippen molar-refractivity contribution >= 4 is 0 Å². The normalized spacial score (nSPS) is 16.8. The minimum Gasteiger partial charge on any atom is -0.377 e. The van der Waals surface area contributed by atoms with E-state index in [2.05, 4.69) is 18.0 Å². The minimum absolute atomic E-state index is 0.0204. The summed E-state index contributed by atoms with van der Waals surface area (Å²) in [6.45, 7) is 4.30. The first-order valence-electron chi connectivity index (χ1n) is 8.32. The molecule has 1 aliphatic heterocycles. The van der Waals surface area contributed by atoms with E-state index in [0.717, 1.165) is 37.9 Å². The maximum absolute atomic E-state index is 11.2. The molecule has 0 bridgehead atoms. The lowest BCUT2D eigenvalue weighted by molar-refractivity contribution is -0.482. The summed E-state index contributed by atoms with van der Waals surface area (Å²) in [7, 11) is 0. The number of nitrogens with zero attached hydrogens (tertiary/aromatic N) is 2. The van der Waals surface area contributed by atoms with Gasteiger partial charge in [0.1, 0.15) is 0 Å². The van der Waals surface area contributed by atoms with Crippen molar-refractivity contribution < 1.29 is 4.92 Å². The van der Waals surface area contributed by atoms with Gasteiger partial charge < -0.3 is 4.90 Å². The molecule has 1 atom stereocenters. The van der Waals surface area contributed by atoms with Gasteiger partial charge in [-0.15, -0.1) is 0 Å². The van der Waals surface area contributed by atoms with Gasteiger partial charge >= 0.3 is 0 Å². The van der Waals surface area contributed by atoms with E-state index in [1.165, 1.54) is 18.4 Å². The van der Waals surface area contributed by atoms with Crippen molar-refractivity contribution in [3.8, 4) is 0 Å². The lowest BCUT2D eigenvalue weighted by atomic mass is 9.88. The third kappa shape index (κ3) is 4.86. The largest absolute Gasteiger partial charge is 0.377 e. The van der Waals surface area contributed by atoms with Gasteiger partial charge in [0.15, 0.2) is 0 Å². The van der Waals surface area contributed by atoms with Crippen LogP contribution >= 0.6 is 0 Å². The summed E-state index contributed by atoms with van der Waals surface area (Å²) < 4.78 is 0. The van der Waals surface area contributed by atoms with Gasteiger partial charge in [0.2, 0.25) is 6.54 Å². The van der Waals surface area contributed by atoms with Crippen molar-refractivity contribution in [2.45, 2.75) is 44.9 Å². The van der Waals surface area contributed by atoms with Crippen LogP contribution in [0.4, 0.5) is 0 Å². The van der Waals surface area contributed by atoms with Crippen LogP contribution in [0, 0.1) is 10.1 Å². The van der Waals surface area contributed by atoms with Crippen LogP contribution in [0.2, 0.25) is 0 Å². The average Bonchev–Trinajstić information content (AvgIpc) is 3.03. The predicted octanol–water partition coefficient (Wildman–Crippen LogP) is 4.22. The van der Waals surface area contributed by atoms with Gasteiger partial charge in [0.05, 0.1) is 5.92 Å². The van der Waals surface area contributed by atoms with Crippen LogP contribution in [-0.4, -0.2) is 29.5 Å². The smallest absolute Gasteiger partial charge is 0.214 e. The van der Waals surface area contributed by atoms with Crippen LogP contribution in [0.5, 0.6) is 0 Å². The highest BCUT2D eigenvalue weighted by atomic mass is 16.6. The number of nitro groups is 1. The van der Waals surface area contributed by atoms with E-state index < -0.39 is 0 Å². The molecule has 0 radical (unpaired) electrons. The summed E-state index contributed by atoms with van der Waals surface area (Å²) in [6, 6.07) is 9.92.